The fourth-order valence-electron chi connectivity index (χ4n) is 2.03. The molecule has 2 aromatic rings. The SMILES string of the molecule is CC=Cc1ccccc1Oc1ccnc(CNCCC)c1. The maximum Gasteiger partial charge on any atom is 0.134 e. The summed E-state index contributed by atoms with van der Waals surface area (Å²) in [4.78, 5) is 4.36. The van der Waals surface area contributed by atoms with E-state index in [9.17, 15) is 0 Å². The van der Waals surface area contributed by atoms with Crippen LogP contribution in [0.4, 0.5) is 0 Å². The van der Waals surface area contributed by atoms with Gasteiger partial charge in [0.2, 0.25) is 0 Å². The van der Waals surface area contributed by atoms with Crippen LogP contribution in [0.5, 0.6) is 11.5 Å². The van der Waals surface area contributed by atoms with Gasteiger partial charge in [-0.2, -0.15) is 0 Å². The van der Waals surface area contributed by atoms with Crippen molar-refractivity contribution in [2.45, 2.75) is 26.8 Å². The van der Waals surface area contributed by atoms with Crippen LogP contribution in [0.15, 0.2) is 48.7 Å². The van der Waals surface area contributed by atoms with Gasteiger partial charge in [0.1, 0.15) is 11.5 Å². The summed E-state index contributed by atoms with van der Waals surface area (Å²) in [5, 5.41) is 3.34. The molecule has 0 aliphatic rings. The highest BCUT2D eigenvalue weighted by Gasteiger charge is 2.03. The molecule has 0 saturated carbocycles. The minimum absolute atomic E-state index is 0.765. The number of nitrogens with one attached hydrogen (secondary N) is 1. The molecule has 0 aliphatic heterocycles. The molecule has 1 heterocycles. The van der Waals surface area contributed by atoms with Crippen LogP contribution in [0, 0.1) is 0 Å². The van der Waals surface area contributed by atoms with Gasteiger partial charge in [0.05, 0.1) is 5.69 Å². The van der Waals surface area contributed by atoms with Gasteiger partial charge in [-0.15, -0.1) is 0 Å². The van der Waals surface area contributed by atoms with Crippen LogP contribution in [-0.4, -0.2) is 11.5 Å². The van der Waals surface area contributed by atoms with Gasteiger partial charge in [0, 0.05) is 24.4 Å². The zero-order chi connectivity index (χ0) is 14.9. The van der Waals surface area contributed by atoms with Crippen molar-refractivity contribution in [3.05, 3.63) is 59.9 Å². The molecule has 2 rings (SSSR count). The van der Waals surface area contributed by atoms with Gasteiger partial charge in [-0.05, 0) is 32.0 Å². The molecule has 0 radical (unpaired) electrons. The summed E-state index contributed by atoms with van der Waals surface area (Å²) in [6, 6.07) is 11.9. The number of nitrogens with zero attached hydrogens (tertiary/aromatic N) is 1. The van der Waals surface area contributed by atoms with E-state index in [1.807, 2.05) is 55.5 Å². The Bertz CT molecular complexity index is 593. The Morgan fingerprint density at radius 2 is 2.10 bits per heavy atom. The first kappa shape index (κ1) is 15.3. The summed E-state index contributed by atoms with van der Waals surface area (Å²) < 4.78 is 5.99. The van der Waals surface area contributed by atoms with E-state index in [1.54, 1.807) is 6.20 Å². The number of pyridine rings is 1. The first-order valence-electron chi connectivity index (χ1n) is 7.38. The third kappa shape index (κ3) is 4.72. The molecule has 1 aromatic carbocycles. The first-order chi connectivity index (χ1) is 10.3. The molecule has 0 saturated heterocycles. The summed E-state index contributed by atoms with van der Waals surface area (Å²) in [5.41, 5.74) is 2.06. The fraction of sp³-hybridized carbons (Fsp3) is 0.278. The van der Waals surface area contributed by atoms with Crippen LogP contribution in [0.2, 0.25) is 0 Å². The lowest BCUT2D eigenvalue weighted by Crippen LogP contribution is -2.14. The van der Waals surface area contributed by atoms with Crippen LogP contribution in [0.25, 0.3) is 6.08 Å². The third-order valence-electron chi connectivity index (χ3n) is 3.01. The summed E-state index contributed by atoms with van der Waals surface area (Å²) in [6.07, 6.45) is 6.96. The lowest BCUT2D eigenvalue weighted by atomic mass is 10.2. The fourth-order valence-corrected chi connectivity index (χ4v) is 2.03. The number of rotatable bonds is 7. The number of para-hydroxylation sites is 1. The molecule has 0 bridgehead atoms. The van der Waals surface area contributed by atoms with Crippen molar-refractivity contribution in [3.63, 3.8) is 0 Å². The quantitative estimate of drug-likeness (QED) is 0.764. The molecule has 3 heteroatoms. The summed E-state index contributed by atoms with van der Waals surface area (Å²) in [7, 11) is 0. The first-order valence-corrected chi connectivity index (χ1v) is 7.38. The van der Waals surface area contributed by atoms with Gasteiger partial charge in [-0.3, -0.25) is 4.98 Å². The Morgan fingerprint density at radius 3 is 2.90 bits per heavy atom. The number of aromatic nitrogens is 1. The minimum Gasteiger partial charge on any atom is -0.457 e. The molecular weight excluding hydrogens is 260 g/mol. The van der Waals surface area contributed by atoms with E-state index in [1.165, 1.54) is 0 Å². The van der Waals surface area contributed by atoms with Crippen molar-refractivity contribution in [2.24, 2.45) is 0 Å². The standard InChI is InChI=1S/C18H22N2O/c1-3-7-15-8-5-6-9-18(15)21-17-10-12-20-16(13-17)14-19-11-4-2/h3,5-10,12-13,19H,4,11,14H2,1-2H3. The predicted molar refractivity (Wildman–Crippen MR) is 87.5 cm³/mol. The number of ether oxygens (including phenoxy) is 1. The van der Waals surface area contributed by atoms with Gasteiger partial charge in [0.15, 0.2) is 0 Å². The molecule has 0 fully saturated rings. The van der Waals surface area contributed by atoms with Crippen molar-refractivity contribution in [3.8, 4) is 11.5 Å². The average molecular weight is 282 g/mol. The normalized spacial score (nSPS) is 11.0. The topological polar surface area (TPSA) is 34.1 Å². The number of hydrogen-bond acceptors (Lipinski definition) is 3. The van der Waals surface area contributed by atoms with Gasteiger partial charge in [-0.1, -0.05) is 37.3 Å². The Labute approximate surface area is 126 Å². The van der Waals surface area contributed by atoms with E-state index in [-0.39, 0.29) is 0 Å². The zero-order valence-corrected chi connectivity index (χ0v) is 12.7. The highest BCUT2D eigenvalue weighted by molar-refractivity contribution is 5.57. The molecule has 0 atom stereocenters. The molecule has 0 amide bonds. The average Bonchev–Trinajstić information content (AvgIpc) is 2.50. The molecule has 0 unspecified atom stereocenters. The van der Waals surface area contributed by atoms with Crippen molar-refractivity contribution in [2.75, 3.05) is 6.54 Å². The molecular formula is C18H22N2O. The van der Waals surface area contributed by atoms with Crippen molar-refractivity contribution < 1.29 is 4.74 Å². The lowest BCUT2D eigenvalue weighted by Gasteiger charge is -2.10. The molecule has 110 valence electrons. The zero-order valence-electron chi connectivity index (χ0n) is 12.7. The number of allylic oxidation sites excluding steroid dienone is 1. The largest absolute Gasteiger partial charge is 0.457 e. The Hall–Kier alpha value is -2.13. The number of hydrogen-bond donors (Lipinski definition) is 1. The maximum absolute atomic E-state index is 5.99. The highest BCUT2D eigenvalue weighted by Crippen LogP contribution is 2.26. The predicted octanol–water partition coefficient (Wildman–Crippen LogP) is 4.41. The third-order valence-corrected chi connectivity index (χ3v) is 3.01. The number of benzene rings is 1. The molecule has 21 heavy (non-hydrogen) atoms. The Kier molecular flexibility index (Phi) is 5.98. The van der Waals surface area contributed by atoms with E-state index in [0.29, 0.717) is 0 Å². The van der Waals surface area contributed by atoms with E-state index < -0.39 is 0 Å². The Morgan fingerprint density at radius 1 is 1.24 bits per heavy atom. The summed E-state index contributed by atoms with van der Waals surface area (Å²) in [5.74, 6) is 1.67. The second kappa shape index (κ2) is 8.22. The molecule has 0 aliphatic carbocycles. The van der Waals surface area contributed by atoms with Crippen LogP contribution in [0.3, 0.4) is 0 Å². The highest BCUT2D eigenvalue weighted by atomic mass is 16.5. The summed E-state index contributed by atoms with van der Waals surface area (Å²) >= 11 is 0. The van der Waals surface area contributed by atoms with E-state index in [4.69, 9.17) is 4.74 Å². The van der Waals surface area contributed by atoms with Gasteiger partial charge < -0.3 is 10.1 Å². The van der Waals surface area contributed by atoms with Crippen molar-refractivity contribution in [1.29, 1.82) is 0 Å². The molecule has 1 aromatic heterocycles. The van der Waals surface area contributed by atoms with Crippen LogP contribution in [0.1, 0.15) is 31.5 Å². The lowest BCUT2D eigenvalue weighted by molar-refractivity contribution is 0.479. The van der Waals surface area contributed by atoms with E-state index >= 15 is 0 Å². The van der Waals surface area contributed by atoms with Gasteiger partial charge >= 0.3 is 0 Å². The van der Waals surface area contributed by atoms with Gasteiger partial charge in [0.25, 0.3) is 0 Å². The van der Waals surface area contributed by atoms with Crippen molar-refractivity contribution >= 4 is 6.08 Å². The van der Waals surface area contributed by atoms with Crippen LogP contribution in [-0.2, 0) is 6.54 Å². The van der Waals surface area contributed by atoms with Crippen LogP contribution < -0.4 is 10.1 Å². The molecule has 3 nitrogen and oxygen atoms in total. The van der Waals surface area contributed by atoms with E-state index in [2.05, 4.69) is 17.2 Å². The maximum atomic E-state index is 5.99. The second-order valence-electron chi connectivity index (χ2n) is 4.80. The van der Waals surface area contributed by atoms with Gasteiger partial charge in [-0.25, -0.2) is 0 Å². The molecule has 0 spiro atoms. The molecule has 1 N–H and O–H groups in total. The van der Waals surface area contributed by atoms with Crippen molar-refractivity contribution in [1.82, 2.24) is 10.3 Å². The monoisotopic (exact) mass is 282 g/mol. The smallest absolute Gasteiger partial charge is 0.134 e. The van der Waals surface area contributed by atoms with Crippen LogP contribution >= 0.6 is 0 Å². The Balaban J connectivity index is 2.11. The summed E-state index contributed by atoms with van der Waals surface area (Å²) in [6.45, 7) is 5.91. The van der Waals surface area contributed by atoms with E-state index in [0.717, 1.165) is 42.3 Å². The minimum atomic E-state index is 0.765. The second-order valence-corrected chi connectivity index (χ2v) is 4.80.